The van der Waals surface area contributed by atoms with Gasteiger partial charge >= 0.3 is 12.2 Å². The topological polar surface area (TPSA) is 103 Å². The molecule has 3 atom stereocenters. The van der Waals surface area contributed by atoms with Gasteiger partial charge in [-0.2, -0.15) is 28.4 Å². The molecule has 1 saturated carbocycles. The van der Waals surface area contributed by atoms with Crippen LogP contribution in [0.3, 0.4) is 0 Å². The number of fused-ring (bicyclic) bond motifs is 3. The van der Waals surface area contributed by atoms with Gasteiger partial charge in [-0.1, -0.05) is 6.92 Å². The van der Waals surface area contributed by atoms with Gasteiger partial charge in [-0.15, -0.1) is 0 Å². The smallest absolute Gasteiger partial charge is 0.417 e. The Hall–Kier alpha value is -3.76. The number of piperidine rings is 1. The zero-order valence-corrected chi connectivity index (χ0v) is 26.0. The summed E-state index contributed by atoms with van der Waals surface area (Å²) >= 11 is 0. The van der Waals surface area contributed by atoms with E-state index in [9.17, 15) is 18.4 Å². The fraction of sp³-hybridized carbons (Fsp3) is 0.545. The number of ether oxygens (including phenoxy) is 1. The molecule has 244 valence electrons. The Labute approximate surface area is 263 Å². The third-order valence-electron chi connectivity index (χ3n) is 10.8. The van der Waals surface area contributed by atoms with Crippen LogP contribution >= 0.6 is 0 Å². The van der Waals surface area contributed by atoms with Gasteiger partial charge in [0.1, 0.15) is 23.2 Å². The Balaban J connectivity index is 1.41. The SMILES string of the molecule is Cc1cc(N)c(C#N)c(-c2c(F)cc3c(N4C[C@H]5CC[C@@H](C4)N5)nc(OC[C@]4(C)CN(C)CCC45CC5)nc3c2F)c1C(F)(F)F. The van der Waals surface area contributed by atoms with Gasteiger partial charge < -0.3 is 25.6 Å². The Bertz CT molecular complexity index is 1770. The zero-order chi connectivity index (χ0) is 32.8. The van der Waals surface area contributed by atoms with Crippen LogP contribution in [0.4, 0.5) is 33.5 Å². The van der Waals surface area contributed by atoms with Crippen LogP contribution in [0.1, 0.15) is 55.7 Å². The van der Waals surface area contributed by atoms with Gasteiger partial charge in [0.05, 0.1) is 29.0 Å². The molecule has 7 rings (SSSR count). The second-order valence-corrected chi connectivity index (χ2v) is 14.0. The monoisotopic (exact) mass is 641 g/mol. The number of hydrogen-bond donors (Lipinski definition) is 2. The lowest BCUT2D eigenvalue weighted by molar-refractivity contribution is -0.137. The molecule has 3 N–H and O–H groups in total. The van der Waals surface area contributed by atoms with E-state index in [0.717, 1.165) is 64.3 Å². The van der Waals surface area contributed by atoms with E-state index in [1.807, 2.05) is 4.90 Å². The molecule has 1 spiro atoms. The normalized spacial score (nSPS) is 25.7. The number of alkyl halides is 3. The summed E-state index contributed by atoms with van der Waals surface area (Å²) in [4.78, 5) is 13.3. The molecule has 8 nitrogen and oxygen atoms in total. The van der Waals surface area contributed by atoms with Crippen molar-refractivity contribution in [3.63, 3.8) is 0 Å². The van der Waals surface area contributed by atoms with E-state index in [4.69, 9.17) is 15.5 Å². The van der Waals surface area contributed by atoms with E-state index in [2.05, 4.69) is 29.2 Å². The Morgan fingerprint density at radius 2 is 1.80 bits per heavy atom. The van der Waals surface area contributed by atoms with Crippen LogP contribution in [0.5, 0.6) is 6.01 Å². The van der Waals surface area contributed by atoms with E-state index in [0.29, 0.717) is 13.1 Å². The largest absolute Gasteiger partial charge is 0.463 e. The van der Waals surface area contributed by atoms with Crippen LogP contribution in [0.15, 0.2) is 12.1 Å². The first kappa shape index (κ1) is 30.9. The molecule has 2 aromatic carbocycles. The van der Waals surface area contributed by atoms with Crippen molar-refractivity contribution in [2.75, 3.05) is 50.5 Å². The molecule has 13 heteroatoms. The van der Waals surface area contributed by atoms with E-state index in [1.54, 1.807) is 6.07 Å². The molecular formula is C33H36F5N7O. The third kappa shape index (κ3) is 4.92. The van der Waals surface area contributed by atoms with Gasteiger partial charge in [0.2, 0.25) is 0 Å². The molecule has 3 saturated heterocycles. The van der Waals surface area contributed by atoms with Crippen molar-refractivity contribution < 1.29 is 26.7 Å². The Morgan fingerprint density at radius 1 is 1.11 bits per heavy atom. The molecule has 1 aliphatic carbocycles. The van der Waals surface area contributed by atoms with Crippen LogP contribution in [-0.2, 0) is 6.18 Å². The molecule has 0 amide bonds. The minimum absolute atomic E-state index is 0.0161. The number of nitrogen functional groups attached to an aromatic ring is 1. The van der Waals surface area contributed by atoms with Crippen LogP contribution in [0.2, 0.25) is 0 Å². The number of benzene rings is 2. The summed E-state index contributed by atoms with van der Waals surface area (Å²) in [6.45, 7) is 6.42. The first-order valence-corrected chi connectivity index (χ1v) is 15.7. The minimum atomic E-state index is -5.03. The highest BCUT2D eigenvalue weighted by molar-refractivity contribution is 5.95. The lowest BCUT2D eigenvalue weighted by Gasteiger charge is -2.45. The molecule has 46 heavy (non-hydrogen) atoms. The van der Waals surface area contributed by atoms with Gasteiger partial charge in [0.15, 0.2) is 5.82 Å². The van der Waals surface area contributed by atoms with Crippen molar-refractivity contribution in [3.8, 4) is 23.2 Å². The lowest BCUT2D eigenvalue weighted by atomic mass is 9.70. The average Bonchev–Trinajstić information content (AvgIpc) is 3.70. The number of nitriles is 1. The maximum Gasteiger partial charge on any atom is 0.417 e. The fourth-order valence-electron chi connectivity index (χ4n) is 8.22. The number of hydrogen-bond acceptors (Lipinski definition) is 8. The highest BCUT2D eigenvalue weighted by Crippen LogP contribution is 2.63. The number of nitrogens with one attached hydrogen (secondary N) is 1. The number of piperazine rings is 1. The molecule has 3 aliphatic heterocycles. The van der Waals surface area contributed by atoms with Crippen molar-refractivity contribution in [1.29, 1.82) is 5.26 Å². The summed E-state index contributed by atoms with van der Waals surface area (Å²) in [5.41, 5.74) is 0.852. The highest BCUT2D eigenvalue weighted by Gasteiger charge is 2.58. The van der Waals surface area contributed by atoms with Crippen LogP contribution < -0.4 is 20.7 Å². The van der Waals surface area contributed by atoms with E-state index in [1.165, 1.54) is 0 Å². The maximum atomic E-state index is 16.8. The van der Waals surface area contributed by atoms with Gasteiger partial charge in [-0.25, -0.2) is 8.78 Å². The second kappa shape index (κ2) is 10.6. The predicted molar refractivity (Wildman–Crippen MR) is 163 cm³/mol. The molecule has 2 bridgehead atoms. The molecule has 4 aliphatic rings. The summed E-state index contributed by atoms with van der Waals surface area (Å²) in [5, 5.41) is 13.4. The van der Waals surface area contributed by atoms with Gasteiger partial charge in [-0.05, 0) is 75.7 Å². The summed E-state index contributed by atoms with van der Waals surface area (Å²) in [7, 11) is 2.06. The van der Waals surface area contributed by atoms with Gasteiger partial charge in [0.25, 0.3) is 0 Å². The molecule has 3 aromatic rings. The third-order valence-corrected chi connectivity index (χ3v) is 10.8. The highest BCUT2D eigenvalue weighted by atomic mass is 19.4. The summed E-state index contributed by atoms with van der Waals surface area (Å²) in [6, 6.07) is 3.79. The number of rotatable bonds is 5. The number of nitrogens with two attached hydrogens (primary N) is 1. The quantitative estimate of drug-likeness (QED) is 0.266. The van der Waals surface area contributed by atoms with Crippen molar-refractivity contribution in [1.82, 2.24) is 20.2 Å². The summed E-state index contributed by atoms with van der Waals surface area (Å²) < 4.78 is 82.4. The van der Waals surface area contributed by atoms with Crippen LogP contribution in [-0.4, -0.2) is 66.8 Å². The number of likely N-dealkylation sites (tertiary alicyclic amines) is 1. The molecule has 0 radical (unpaired) electrons. The van der Waals surface area contributed by atoms with Crippen molar-refractivity contribution in [3.05, 3.63) is 40.5 Å². The average molecular weight is 642 g/mol. The number of anilines is 2. The fourth-order valence-corrected chi connectivity index (χ4v) is 8.22. The van der Waals surface area contributed by atoms with Crippen LogP contribution in [0, 0.1) is 40.7 Å². The molecule has 4 fully saturated rings. The van der Waals surface area contributed by atoms with Crippen molar-refractivity contribution >= 4 is 22.4 Å². The zero-order valence-electron chi connectivity index (χ0n) is 26.0. The van der Waals surface area contributed by atoms with Crippen LogP contribution in [0.25, 0.3) is 22.0 Å². The van der Waals surface area contributed by atoms with Gasteiger partial charge in [-0.3, -0.25) is 0 Å². The first-order chi connectivity index (χ1) is 21.7. The predicted octanol–water partition coefficient (Wildman–Crippen LogP) is 5.80. The number of halogens is 5. The lowest BCUT2D eigenvalue weighted by Crippen LogP contribution is -2.51. The second-order valence-electron chi connectivity index (χ2n) is 14.0. The van der Waals surface area contributed by atoms with Crippen molar-refractivity contribution in [2.45, 2.75) is 64.2 Å². The first-order valence-electron chi connectivity index (χ1n) is 15.7. The number of aromatic nitrogens is 2. The Kier molecular flexibility index (Phi) is 7.14. The number of aryl methyl sites for hydroxylation is 1. The maximum absolute atomic E-state index is 16.8. The number of nitrogens with zero attached hydrogens (tertiary/aromatic N) is 5. The molecular weight excluding hydrogens is 605 g/mol. The standard InChI is InChI=1S/C33H36F5N7O/c1-17-10-23(40)21(12-39)24(26(17)33(36,37)38)25-22(34)11-20-28(27(25)35)42-30(43-29(20)45-13-18-4-5-19(14-45)41-18)46-16-31(2)15-44(3)9-8-32(31)6-7-32/h10-11,18-19,41H,4-9,13-16,40H2,1-3H3/t18-,19+,31-/m0/s1. The van der Waals surface area contributed by atoms with E-state index >= 15 is 8.78 Å². The molecule has 1 aromatic heterocycles. The molecule has 0 unspecified atom stereocenters. The van der Waals surface area contributed by atoms with E-state index in [-0.39, 0.29) is 63.5 Å². The molecule has 4 heterocycles. The minimum Gasteiger partial charge on any atom is -0.463 e. The summed E-state index contributed by atoms with van der Waals surface area (Å²) in [6.07, 6.45) is 0.0809. The van der Waals surface area contributed by atoms with Gasteiger partial charge in [0, 0.05) is 48.1 Å². The Morgan fingerprint density at radius 3 is 2.43 bits per heavy atom. The van der Waals surface area contributed by atoms with E-state index < -0.39 is 40.1 Å². The summed E-state index contributed by atoms with van der Waals surface area (Å²) in [5.74, 6) is -2.35. The van der Waals surface area contributed by atoms with Crippen molar-refractivity contribution in [2.24, 2.45) is 10.8 Å².